The third-order valence-electron chi connectivity index (χ3n) is 3.38. The third kappa shape index (κ3) is 4.51. The Hall–Kier alpha value is -1.47. The standard InChI is InChI=1S/C15H22N2O4S/c1-9-6-17(7-10(2)20-9)15(19)11(3)21-14(18)5-13-8-22-12(4)16-13/h8-11H,5-7H2,1-4H3. The zero-order valence-corrected chi connectivity index (χ0v) is 14.2. The number of esters is 1. The van der Waals surface area contributed by atoms with Crippen LogP contribution in [0.4, 0.5) is 0 Å². The van der Waals surface area contributed by atoms with Crippen molar-refractivity contribution in [1.29, 1.82) is 0 Å². The molecule has 1 aliphatic rings. The van der Waals surface area contributed by atoms with Gasteiger partial charge in [-0.05, 0) is 27.7 Å². The minimum absolute atomic E-state index is 0.00594. The van der Waals surface area contributed by atoms with Gasteiger partial charge in [-0.2, -0.15) is 0 Å². The number of hydrogen-bond acceptors (Lipinski definition) is 6. The first kappa shape index (κ1) is 16.9. The van der Waals surface area contributed by atoms with Crippen molar-refractivity contribution >= 4 is 23.2 Å². The molecule has 0 radical (unpaired) electrons. The SMILES string of the molecule is Cc1nc(CC(=O)OC(C)C(=O)N2CC(C)OC(C)C2)cs1. The number of aryl methyl sites for hydroxylation is 1. The number of thiazole rings is 1. The number of ether oxygens (including phenoxy) is 2. The maximum absolute atomic E-state index is 12.4. The predicted octanol–water partition coefficient (Wildman–Crippen LogP) is 1.56. The van der Waals surface area contributed by atoms with Gasteiger partial charge in [-0.15, -0.1) is 11.3 Å². The molecule has 7 heteroatoms. The Morgan fingerprint density at radius 1 is 1.45 bits per heavy atom. The number of carbonyl (C=O) groups is 2. The fourth-order valence-corrected chi connectivity index (χ4v) is 3.15. The largest absolute Gasteiger partial charge is 0.452 e. The van der Waals surface area contributed by atoms with E-state index >= 15 is 0 Å². The molecule has 122 valence electrons. The molecule has 1 fully saturated rings. The van der Waals surface area contributed by atoms with Gasteiger partial charge in [0.05, 0.1) is 29.3 Å². The van der Waals surface area contributed by atoms with Crippen LogP contribution in [0.2, 0.25) is 0 Å². The molecule has 6 nitrogen and oxygen atoms in total. The minimum Gasteiger partial charge on any atom is -0.452 e. The van der Waals surface area contributed by atoms with Crippen LogP contribution >= 0.6 is 11.3 Å². The number of aromatic nitrogens is 1. The normalized spacial score (nSPS) is 23.2. The molecule has 3 atom stereocenters. The summed E-state index contributed by atoms with van der Waals surface area (Å²) in [6, 6.07) is 0. The number of amides is 1. The lowest BCUT2D eigenvalue weighted by molar-refractivity contribution is -0.164. The van der Waals surface area contributed by atoms with E-state index in [1.54, 1.807) is 11.8 Å². The van der Waals surface area contributed by atoms with E-state index in [4.69, 9.17) is 9.47 Å². The summed E-state index contributed by atoms with van der Waals surface area (Å²) in [7, 11) is 0. The van der Waals surface area contributed by atoms with E-state index in [1.807, 2.05) is 26.2 Å². The molecule has 2 heterocycles. The first-order valence-corrected chi connectivity index (χ1v) is 8.28. The zero-order valence-electron chi connectivity index (χ0n) is 13.4. The van der Waals surface area contributed by atoms with Crippen LogP contribution in [0.1, 0.15) is 31.5 Å². The first-order chi connectivity index (χ1) is 10.3. The highest BCUT2D eigenvalue weighted by atomic mass is 32.1. The number of carbonyl (C=O) groups excluding carboxylic acids is 2. The van der Waals surface area contributed by atoms with Gasteiger partial charge in [-0.25, -0.2) is 4.98 Å². The smallest absolute Gasteiger partial charge is 0.312 e. The van der Waals surface area contributed by atoms with Crippen molar-refractivity contribution in [3.63, 3.8) is 0 Å². The highest BCUT2D eigenvalue weighted by Crippen LogP contribution is 2.14. The second-order valence-corrected chi connectivity index (χ2v) is 6.73. The zero-order chi connectivity index (χ0) is 16.3. The maximum Gasteiger partial charge on any atom is 0.312 e. The lowest BCUT2D eigenvalue weighted by Crippen LogP contribution is -2.51. The Bertz CT molecular complexity index is 535. The van der Waals surface area contributed by atoms with E-state index in [0.29, 0.717) is 18.8 Å². The number of hydrogen-bond donors (Lipinski definition) is 0. The third-order valence-corrected chi connectivity index (χ3v) is 4.20. The van der Waals surface area contributed by atoms with Crippen LogP contribution in [0.3, 0.4) is 0 Å². The first-order valence-electron chi connectivity index (χ1n) is 7.40. The monoisotopic (exact) mass is 326 g/mol. The number of nitrogens with zero attached hydrogens (tertiary/aromatic N) is 2. The molecule has 0 spiro atoms. The Morgan fingerprint density at radius 3 is 2.64 bits per heavy atom. The molecule has 2 rings (SSSR count). The number of rotatable bonds is 4. The van der Waals surface area contributed by atoms with Crippen molar-refractivity contribution < 1.29 is 19.1 Å². The lowest BCUT2D eigenvalue weighted by Gasteiger charge is -2.36. The summed E-state index contributed by atoms with van der Waals surface area (Å²) in [4.78, 5) is 30.2. The summed E-state index contributed by atoms with van der Waals surface area (Å²) >= 11 is 1.49. The topological polar surface area (TPSA) is 68.7 Å². The Morgan fingerprint density at radius 2 is 2.09 bits per heavy atom. The molecule has 0 aliphatic carbocycles. The van der Waals surface area contributed by atoms with Gasteiger partial charge in [-0.1, -0.05) is 0 Å². The van der Waals surface area contributed by atoms with Gasteiger partial charge < -0.3 is 14.4 Å². The molecule has 0 saturated carbocycles. The average Bonchev–Trinajstić information content (AvgIpc) is 2.81. The van der Waals surface area contributed by atoms with Crippen LogP contribution in [0.25, 0.3) is 0 Å². The number of morpholine rings is 1. The maximum atomic E-state index is 12.4. The average molecular weight is 326 g/mol. The van der Waals surface area contributed by atoms with Gasteiger partial charge in [0, 0.05) is 18.5 Å². The van der Waals surface area contributed by atoms with E-state index in [0.717, 1.165) is 5.01 Å². The van der Waals surface area contributed by atoms with Gasteiger partial charge in [0.25, 0.3) is 5.91 Å². The highest BCUT2D eigenvalue weighted by molar-refractivity contribution is 7.09. The molecular weight excluding hydrogens is 304 g/mol. The molecule has 0 N–H and O–H groups in total. The minimum atomic E-state index is -0.787. The van der Waals surface area contributed by atoms with Crippen molar-refractivity contribution in [3.05, 3.63) is 16.1 Å². The van der Waals surface area contributed by atoms with Gasteiger partial charge in [0.1, 0.15) is 0 Å². The molecule has 1 aliphatic heterocycles. The van der Waals surface area contributed by atoms with E-state index in [2.05, 4.69) is 4.98 Å². The molecule has 1 amide bonds. The van der Waals surface area contributed by atoms with E-state index < -0.39 is 12.1 Å². The van der Waals surface area contributed by atoms with Crippen LogP contribution in [0.15, 0.2) is 5.38 Å². The van der Waals surface area contributed by atoms with Crippen LogP contribution in [0.5, 0.6) is 0 Å². The molecule has 22 heavy (non-hydrogen) atoms. The highest BCUT2D eigenvalue weighted by Gasteiger charge is 2.30. The quantitative estimate of drug-likeness (QED) is 0.786. The fraction of sp³-hybridized carbons (Fsp3) is 0.667. The predicted molar refractivity (Wildman–Crippen MR) is 82.7 cm³/mol. The van der Waals surface area contributed by atoms with Gasteiger partial charge in [0.15, 0.2) is 6.10 Å². The summed E-state index contributed by atoms with van der Waals surface area (Å²) in [5, 5.41) is 2.73. The van der Waals surface area contributed by atoms with Crippen molar-refractivity contribution in [2.75, 3.05) is 13.1 Å². The van der Waals surface area contributed by atoms with Gasteiger partial charge in [-0.3, -0.25) is 9.59 Å². The summed E-state index contributed by atoms with van der Waals surface area (Å²) in [5.74, 6) is -0.606. The van der Waals surface area contributed by atoms with Crippen molar-refractivity contribution in [1.82, 2.24) is 9.88 Å². The molecule has 3 unspecified atom stereocenters. The lowest BCUT2D eigenvalue weighted by atomic mass is 10.2. The summed E-state index contributed by atoms with van der Waals surface area (Å²) in [5.41, 5.74) is 0.681. The van der Waals surface area contributed by atoms with Crippen LogP contribution in [-0.4, -0.2) is 53.2 Å². The second kappa shape index (κ2) is 7.19. The van der Waals surface area contributed by atoms with Gasteiger partial charge in [0.2, 0.25) is 0 Å². The second-order valence-electron chi connectivity index (χ2n) is 5.67. The Balaban J connectivity index is 1.86. The summed E-state index contributed by atoms with van der Waals surface area (Å²) < 4.78 is 10.8. The molecule has 1 aromatic rings. The van der Waals surface area contributed by atoms with Crippen molar-refractivity contribution in [3.8, 4) is 0 Å². The molecule has 1 aromatic heterocycles. The summed E-state index contributed by atoms with van der Waals surface area (Å²) in [6.45, 7) is 8.39. The van der Waals surface area contributed by atoms with Crippen LogP contribution < -0.4 is 0 Å². The van der Waals surface area contributed by atoms with Crippen LogP contribution in [0, 0.1) is 6.92 Å². The van der Waals surface area contributed by atoms with E-state index in [-0.39, 0.29) is 24.5 Å². The van der Waals surface area contributed by atoms with E-state index in [1.165, 1.54) is 11.3 Å². The van der Waals surface area contributed by atoms with Crippen molar-refractivity contribution in [2.45, 2.75) is 52.4 Å². The Labute approximate surface area is 134 Å². The fourth-order valence-electron chi connectivity index (χ4n) is 2.54. The van der Waals surface area contributed by atoms with Gasteiger partial charge >= 0.3 is 5.97 Å². The molecule has 0 bridgehead atoms. The summed E-state index contributed by atoms with van der Waals surface area (Å²) in [6.07, 6.45) is -0.704. The van der Waals surface area contributed by atoms with E-state index in [9.17, 15) is 9.59 Å². The molecule has 1 saturated heterocycles. The molecule has 0 aromatic carbocycles. The Kier molecular flexibility index (Phi) is 5.52. The molecular formula is C15H22N2O4S. The van der Waals surface area contributed by atoms with Crippen LogP contribution in [-0.2, 0) is 25.5 Å². The van der Waals surface area contributed by atoms with Crippen molar-refractivity contribution in [2.24, 2.45) is 0 Å².